The molecular weight excluding hydrogens is 188 g/mol. The van der Waals surface area contributed by atoms with Gasteiger partial charge in [-0.2, -0.15) is 0 Å². The molecule has 0 aliphatic heterocycles. The monoisotopic (exact) mass is 196 g/mol. The minimum absolute atomic E-state index is 0.0320. The van der Waals surface area contributed by atoms with Crippen LogP contribution in [-0.4, -0.2) is 36.4 Å². The number of hydrogen-bond acceptors (Lipinski definition) is 6. The molecule has 0 spiro atoms. The molecule has 0 saturated carbocycles. The molecule has 0 amide bonds. The summed E-state index contributed by atoms with van der Waals surface area (Å²) >= 11 is 0. The molecule has 0 aliphatic rings. The van der Waals surface area contributed by atoms with Crippen LogP contribution in [0.25, 0.3) is 0 Å². The smallest absolute Gasteiger partial charge is 0.358 e. The number of aldehydes is 1. The Hall–Kier alpha value is -1.98. The van der Waals surface area contributed by atoms with E-state index in [0.29, 0.717) is 6.29 Å². The van der Waals surface area contributed by atoms with Crippen molar-refractivity contribution in [3.63, 3.8) is 0 Å². The highest BCUT2D eigenvalue weighted by atomic mass is 16.5. The Labute approximate surface area is 79.9 Å². The second kappa shape index (κ2) is 4.31. The normalized spacial score (nSPS) is 9.29. The largest absolute Gasteiger partial charge is 0.479 e. The summed E-state index contributed by atoms with van der Waals surface area (Å²) in [4.78, 5) is 28.9. The Bertz CT molecular complexity index is 364. The van der Waals surface area contributed by atoms with Gasteiger partial charge in [-0.15, -0.1) is 0 Å². The number of methoxy groups -OCH3 is 2. The second-order valence-electron chi connectivity index (χ2n) is 2.26. The van der Waals surface area contributed by atoms with Crippen molar-refractivity contribution < 1.29 is 19.1 Å². The number of carbonyl (C=O) groups excluding carboxylic acids is 2. The highest BCUT2D eigenvalue weighted by Crippen LogP contribution is 2.10. The zero-order chi connectivity index (χ0) is 10.6. The molecule has 6 nitrogen and oxygen atoms in total. The van der Waals surface area contributed by atoms with Crippen molar-refractivity contribution in [2.75, 3.05) is 14.2 Å². The Morgan fingerprint density at radius 2 is 2.21 bits per heavy atom. The number of ether oxygens (including phenoxy) is 2. The molecule has 0 atom stereocenters. The van der Waals surface area contributed by atoms with Gasteiger partial charge >= 0.3 is 5.97 Å². The lowest BCUT2D eigenvalue weighted by molar-refractivity contribution is 0.0593. The average molecular weight is 196 g/mol. The van der Waals surface area contributed by atoms with Crippen LogP contribution in [0.3, 0.4) is 0 Å². The van der Waals surface area contributed by atoms with Gasteiger partial charge < -0.3 is 9.47 Å². The SMILES string of the molecule is COC(=O)c1cnc(OC)c(C=O)n1. The zero-order valence-corrected chi connectivity index (χ0v) is 7.68. The molecule has 6 heteroatoms. The molecule has 0 aliphatic carbocycles. The lowest BCUT2D eigenvalue weighted by atomic mass is 10.4. The van der Waals surface area contributed by atoms with Crippen molar-refractivity contribution in [3.05, 3.63) is 17.6 Å². The summed E-state index contributed by atoms with van der Waals surface area (Å²) in [7, 11) is 2.57. The molecular formula is C8H8N2O4. The Balaban J connectivity index is 3.13. The van der Waals surface area contributed by atoms with Crippen LogP contribution < -0.4 is 4.74 Å². The minimum Gasteiger partial charge on any atom is -0.479 e. The van der Waals surface area contributed by atoms with Gasteiger partial charge in [0.05, 0.1) is 20.4 Å². The summed E-state index contributed by atoms with van der Waals surface area (Å²) in [6.07, 6.45) is 1.63. The molecule has 1 aromatic heterocycles. The highest BCUT2D eigenvalue weighted by molar-refractivity contribution is 5.88. The molecule has 0 unspecified atom stereocenters. The molecule has 0 radical (unpaired) electrons. The van der Waals surface area contributed by atoms with Crippen LogP contribution in [-0.2, 0) is 4.74 Å². The van der Waals surface area contributed by atoms with E-state index >= 15 is 0 Å². The van der Waals surface area contributed by atoms with Gasteiger partial charge in [0.1, 0.15) is 0 Å². The van der Waals surface area contributed by atoms with Crippen LogP contribution in [0, 0.1) is 0 Å². The number of rotatable bonds is 3. The predicted molar refractivity (Wildman–Crippen MR) is 45.3 cm³/mol. The molecule has 0 bridgehead atoms. The van der Waals surface area contributed by atoms with Gasteiger partial charge in [0.15, 0.2) is 17.7 Å². The molecule has 0 N–H and O–H groups in total. The fourth-order valence-electron chi connectivity index (χ4n) is 0.829. The first-order valence-corrected chi connectivity index (χ1v) is 3.67. The number of aromatic nitrogens is 2. The molecule has 14 heavy (non-hydrogen) atoms. The van der Waals surface area contributed by atoms with Crippen molar-refractivity contribution in [1.82, 2.24) is 9.97 Å². The first kappa shape index (κ1) is 10.1. The number of carbonyl (C=O) groups is 2. The first-order chi connectivity index (χ1) is 6.72. The van der Waals surface area contributed by atoms with E-state index < -0.39 is 5.97 Å². The van der Waals surface area contributed by atoms with Gasteiger partial charge in [0.25, 0.3) is 0 Å². The van der Waals surface area contributed by atoms with Gasteiger partial charge in [-0.3, -0.25) is 4.79 Å². The van der Waals surface area contributed by atoms with Crippen LogP contribution in [0.1, 0.15) is 21.0 Å². The standard InChI is InChI=1S/C8H8N2O4/c1-13-7-6(4-11)10-5(3-9-7)8(12)14-2/h3-4H,1-2H3. The summed E-state index contributed by atoms with van der Waals surface area (Å²) in [6, 6.07) is 0. The van der Waals surface area contributed by atoms with E-state index in [9.17, 15) is 9.59 Å². The van der Waals surface area contributed by atoms with Crippen molar-refractivity contribution in [2.24, 2.45) is 0 Å². The Morgan fingerprint density at radius 3 is 2.71 bits per heavy atom. The average Bonchev–Trinajstić information content (AvgIpc) is 2.26. The molecule has 0 fully saturated rings. The quantitative estimate of drug-likeness (QED) is 0.503. The van der Waals surface area contributed by atoms with Crippen molar-refractivity contribution in [2.45, 2.75) is 0 Å². The van der Waals surface area contributed by atoms with E-state index in [4.69, 9.17) is 4.74 Å². The predicted octanol–water partition coefficient (Wildman–Crippen LogP) is 0.0843. The van der Waals surface area contributed by atoms with Crippen LogP contribution in [0.4, 0.5) is 0 Å². The Morgan fingerprint density at radius 1 is 1.50 bits per heavy atom. The van der Waals surface area contributed by atoms with E-state index in [1.54, 1.807) is 0 Å². The van der Waals surface area contributed by atoms with Crippen molar-refractivity contribution in [3.8, 4) is 5.88 Å². The van der Waals surface area contributed by atoms with Gasteiger partial charge in [-0.1, -0.05) is 0 Å². The van der Waals surface area contributed by atoms with E-state index in [1.807, 2.05) is 0 Å². The maximum atomic E-state index is 11.0. The van der Waals surface area contributed by atoms with E-state index in [1.165, 1.54) is 20.4 Å². The van der Waals surface area contributed by atoms with Crippen LogP contribution in [0.15, 0.2) is 6.20 Å². The van der Waals surface area contributed by atoms with Crippen LogP contribution in [0.5, 0.6) is 5.88 Å². The van der Waals surface area contributed by atoms with Crippen LogP contribution >= 0.6 is 0 Å². The van der Waals surface area contributed by atoms with Crippen LogP contribution in [0.2, 0.25) is 0 Å². The zero-order valence-electron chi connectivity index (χ0n) is 7.68. The summed E-state index contributed by atoms with van der Waals surface area (Å²) < 4.78 is 9.16. The van der Waals surface area contributed by atoms with Crippen molar-refractivity contribution in [1.29, 1.82) is 0 Å². The maximum absolute atomic E-state index is 11.0. The van der Waals surface area contributed by atoms with E-state index in [-0.39, 0.29) is 17.3 Å². The van der Waals surface area contributed by atoms with Crippen molar-refractivity contribution >= 4 is 12.3 Å². The second-order valence-corrected chi connectivity index (χ2v) is 2.26. The van der Waals surface area contributed by atoms with E-state index in [0.717, 1.165) is 0 Å². The first-order valence-electron chi connectivity index (χ1n) is 3.67. The molecule has 1 rings (SSSR count). The number of esters is 1. The lowest BCUT2D eigenvalue weighted by Crippen LogP contribution is -2.08. The maximum Gasteiger partial charge on any atom is 0.358 e. The fraction of sp³-hybridized carbons (Fsp3) is 0.250. The van der Waals surface area contributed by atoms with E-state index in [2.05, 4.69) is 14.7 Å². The molecule has 1 heterocycles. The topological polar surface area (TPSA) is 78.4 Å². The fourth-order valence-corrected chi connectivity index (χ4v) is 0.829. The highest BCUT2D eigenvalue weighted by Gasteiger charge is 2.12. The van der Waals surface area contributed by atoms with Gasteiger partial charge in [-0.05, 0) is 0 Å². The third kappa shape index (κ3) is 1.85. The summed E-state index contributed by atoms with van der Waals surface area (Å²) in [5.41, 5.74) is -0.0641. The summed E-state index contributed by atoms with van der Waals surface area (Å²) in [5.74, 6) is -0.573. The summed E-state index contributed by atoms with van der Waals surface area (Å²) in [5, 5.41) is 0. The van der Waals surface area contributed by atoms with Gasteiger partial charge in [-0.25, -0.2) is 14.8 Å². The number of hydrogen-bond donors (Lipinski definition) is 0. The minimum atomic E-state index is -0.650. The third-order valence-corrected chi connectivity index (χ3v) is 1.46. The number of nitrogens with zero attached hydrogens (tertiary/aromatic N) is 2. The molecule has 1 aromatic rings. The van der Waals surface area contributed by atoms with Gasteiger partial charge in [0.2, 0.25) is 5.88 Å². The lowest BCUT2D eigenvalue weighted by Gasteiger charge is -2.02. The summed E-state index contributed by atoms with van der Waals surface area (Å²) in [6.45, 7) is 0. The molecule has 74 valence electrons. The van der Waals surface area contributed by atoms with Gasteiger partial charge in [0, 0.05) is 0 Å². The molecule has 0 saturated heterocycles. The third-order valence-electron chi connectivity index (χ3n) is 1.46. The molecule has 0 aromatic carbocycles. The Kier molecular flexibility index (Phi) is 3.11.